The molecule has 1 fully saturated rings. The van der Waals surface area contributed by atoms with E-state index in [9.17, 15) is 9.90 Å². The number of hydrogen-bond donors (Lipinski definition) is 3. The number of aromatic nitrogens is 2. The summed E-state index contributed by atoms with van der Waals surface area (Å²) >= 11 is 0. The summed E-state index contributed by atoms with van der Waals surface area (Å²) in [5.41, 5.74) is 3.71. The predicted molar refractivity (Wildman–Crippen MR) is 109 cm³/mol. The van der Waals surface area contributed by atoms with Gasteiger partial charge in [-0.2, -0.15) is 0 Å². The maximum absolute atomic E-state index is 13.1. The molecule has 0 radical (unpaired) electrons. The molecule has 3 N–H and O–H groups in total. The molecular weight excluding hydrogens is 366 g/mol. The third-order valence-electron chi connectivity index (χ3n) is 5.88. The number of fused-ring (bicyclic) bond motifs is 1. The number of H-pyrrole nitrogens is 1. The standard InChI is InChI=1S/C23H23N3O3/c27-19-12-18(13-19)21(15-4-5-20-14(10-15)6-9-29-20)26-23(28)17-3-1-2-16(11-17)22-24-7-8-25-22/h1-5,7-8,10-11,18-19,21,27H,6,9,12-13H2,(H,24,25)(H,26,28). The van der Waals surface area contributed by atoms with Crippen LogP contribution in [-0.2, 0) is 6.42 Å². The van der Waals surface area contributed by atoms with Crippen LogP contribution in [0.3, 0.4) is 0 Å². The molecule has 3 aromatic rings. The van der Waals surface area contributed by atoms with Crippen LogP contribution in [-0.4, -0.2) is 33.7 Å². The van der Waals surface area contributed by atoms with Crippen LogP contribution in [0.15, 0.2) is 54.9 Å². The minimum absolute atomic E-state index is 0.124. The predicted octanol–water partition coefficient (Wildman–Crippen LogP) is 3.25. The van der Waals surface area contributed by atoms with Gasteiger partial charge in [-0.1, -0.05) is 18.2 Å². The monoisotopic (exact) mass is 389 g/mol. The van der Waals surface area contributed by atoms with Crippen molar-refractivity contribution in [3.63, 3.8) is 0 Å². The summed E-state index contributed by atoms with van der Waals surface area (Å²) in [5, 5.41) is 13.0. The normalized spacial score (nSPS) is 21.0. The van der Waals surface area contributed by atoms with Gasteiger partial charge in [-0.25, -0.2) is 4.98 Å². The van der Waals surface area contributed by atoms with Crippen LogP contribution >= 0.6 is 0 Å². The van der Waals surface area contributed by atoms with E-state index in [0.29, 0.717) is 25.0 Å². The number of nitrogens with one attached hydrogen (secondary N) is 2. The number of benzene rings is 2. The number of nitrogens with zero attached hydrogens (tertiary/aromatic N) is 1. The molecule has 2 aromatic carbocycles. The highest BCUT2D eigenvalue weighted by atomic mass is 16.5. The number of carbonyl (C=O) groups is 1. The van der Waals surface area contributed by atoms with Gasteiger partial charge in [0.25, 0.3) is 5.91 Å². The number of rotatable bonds is 5. The summed E-state index contributed by atoms with van der Waals surface area (Å²) in [6.45, 7) is 0.706. The highest BCUT2D eigenvalue weighted by Gasteiger charge is 2.36. The second-order valence-electron chi connectivity index (χ2n) is 7.82. The average molecular weight is 389 g/mol. The van der Waals surface area contributed by atoms with Crippen LogP contribution in [0.1, 0.15) is 40.4 Å². The van der Waals surface area contributed by atoms with E-state index in [1.54, 1.807) is 12.4 Å². The summed E-state index contributed by atoms with van der Waals surface area (Å²) < 4.78 is 5.61. The van der Waals surface area contributed by atoms with Gasteiger partial charge in [0.15, 0.2) is 0 Å². The van der Waals surface area contributed by atoms with Gasteiger partial charge in [-0.05, 0) is 54.2 Å². The molecule has 1 aliphatic carbocycles. The highest BCUT2D eigenvalue weighted by Crippen LogP contribution is 2.40. The molecule has 1 atom stereocenters. The first kappa shape index (κ1) is 17.9. The first-order chi connectivity index (χ1) is 14.2. The molecule has 0 bridgehead atoms. The number of imidazole rings is 1. The Labute approximate surface area is 169 Å². The molecule has 6 nitrogen and oxygen atoms in total. The molecule has 148 valence electrons. The Balaban J connectivity index is 1.40. The Morgan fingerprint density at radius 1 is 1.24 bits per heavy atom. The maximum Gasteiger partial charge on any atom is 0.251 e. The molecule has 2 aliphatic rings. The number of aliphatic hydroxyl groups is 1. The summed E-state index contributed by atoms with van der Waals surface area (Å²) in [6, 6.07) is 13.5. The maximum atomic E-state index is 13.1. The second kappa shape index (κ2) is 7.37. The molecule has 1 aromatic heterocycles. The summed E-state index contributed by atoms with van der Waals surface area (Å²) in [7, 11) is 0. The van der Waals surface area contributed by atoms with Crippen molar-refractivity contribution in [1.82, 2.24) is 15.3 Å². The van der Waals surface area contributed by atoms with E-state index in [0.717, 1.165) is 29.1 Å². The first-order valence-corrected chi connectivity index (χ1v) is 10.0. The van der Waals surface area contributed by atoms with Crippen LogP contribution < -0.4 is 10.1 Å². The number of aliphatic hydroxyl groups excluding tert-OH is 1. The third kappa shape index (κ3) is 3.51. The molecular formula is C23H23N3O3. The lowest BCUT2D eigenvalue weighted by Crippen LogP contribution is -2.41. The summed E-state index contributed by atoms with van der Waals surface area (Å²) in [6.07, 6.45) is 5.47. The van der Waals surface area contributed by atoms with Crippen molar-refractivity contribution < 1.29 is 14.6 Å². The topological polar surface area (TPSA) is 87.2 Å². The SMILES string of the molecule is O=C(NC(c1ccc2c(c1)CCO2)C1CC(O)C1)c1cccc(-c2ncc[nH]2)c1. The summed E-state index contributed by atoms with van der Waals surface area (Å²) in [5.74, 6) is 1.76. The minimum atomic E-state index is -0.278. The largest absolute Gasteiger partial charge is 0.493 e. The molecule has 2 heterocycles. The smallest absolute Gasteiger partial charge is 0.251 e. The van der Waals surface area contributed by atoms with Crippen molar-refractivity contribution in [3.05, 3.63) is 71.5 Å². The van der Waals surface area contributed by atoms with Gasteiger partial charge in [0.2, 0.25) is 0 Å². The van der Waals surface area contributed by atoms with Gasteiger partial charge in [0, 0.05) is 29.9 Å². The van der Waals surface area contributed by atoms with Crippen molar-refractivity contribution in [3.8, 4) is 17.1 Å². The minimum Gasteiger partial charge on any atom is -0.493 e. The Hall–Kier alpha value is -3.12. The fourth-order valence-electron chi connectivity index (χ4n) is 4.23. The van der Waals surface area contributed by atoms with Crippen molar-refractivity contribution in [2.24, 2.45) is 5.92 Å². The van der Waals surface area contributed by atoms with Crippen molar-refractivity contribution in [2.75, 3.05) is 6.61 Å². The van der Waals surface area contributed by atoms with Crippen LogP contribution in [0.5, 0.6) is 5.75 Å². The molecule has 0 saturated heterocycles. The van der Waals surface area contributed by atoms with Crippen LogP contribution in [0.25, 0.3) is 11.4 Å². The van der Waals surface area contributed by atoms with Gasteiger partial charge >= 0.3 is 0 Å². The lowest BCUT2D eigenvalue weighted by molar-refractivity contribution is 0.0235. The Morgan fingerprint density at radius 2 is 2.14 bits per heavy atom. The number of aromatic amines is 1. The van der Waals surface area contributed by atoms with E-state index in [4.69, 9.17) is 4.74 Å². The fourth-order valence-corrected chi connectivity index (χ4v) is 4.23. The van der Waals surface area contributed by atoms with Gasteiger partial charge in [0.05, 0.1) is 18.8 Å². The quantitative estimate of drug-likeness (QED) is 0.625. The van der Waals surface area contributed by atoms with Crippen molar-refractivity contribution >= 4 is 5.91 Å². The highest BCUT2D eigenvalue weighted by molar-refractivity contribution is 5.95. The van der Waals surface area contributed by atoms with Gasteiger partial charge < -0.3 is 20.1 Å². The van der Waals surface area contributed by atoms with Crippen LogP contribution in [0, 0.1) is 5.92 Å². The Bertz CT molecular complexity index is 1030. The first-order valence-electron chi connectivity index (χ1n) is 10.0. The molecule has 6 heteroatoms. The molecule has 29 heavy (non-hydrogen) atoms. The van der Waals surface area contributed by atoms with Gasteiger partial charge in [-0.3, -0.25) is 4.79 Å². The molecule has 1 amide bonds. The van der Waals surface area contributed by atoms with Gasteiger partial charge in [-0.15, -0.1) is 0 Å². The number of hydrogen-bond acceptors (Lipinski definition) is 4. The number of amides is 1. The van der Waals surface area contributed by atoms with E-state index >= 15 is 0 Å². The third-order valence-corrected chi connectivity index (χ3v) is 5.88. The van der Waals surface area contributed by atoms with E-state index in [1.165, 1.54) is 5.56 Å². The molecule has 0 spiro atoms. The van der Waals surface area contributed by atoms with E-state index in [1.807, 2.05) is 36.4 Å². The molecule has 1 saturated carbocycles. The Kier molecular flexibility index (Phi) is 4.56. The number of ether oxygens (including phenoxy) is 1. The van der Waals surface area contributed by atoms with E-state index in [-0.39, 0.29) is 24.0 Å². The fraction of sp³-hybridized carbons (Fsp3) is 0.304. The zero-order valence-electron chi connectivity index (χ0n) is 16.0. The summed E-state index contributed by atoms with van der Waals surface area (Å²) in [4.78, 5) is 20.4. The van der Waals surface area contributed by atoms with E-state index in [2.05, 4.69) is 21.4 Å². The molecule has 5 rings (SSSR count). The molecule has 1 aliphatic heterocycles. The van der Waals surface area contributed by atoms with Crippen molar-refractivity contribution in [2.45, 2.75) is 31.4 Å². The zero-order chi connectivity index (χ0) is 19.8. The zero-order valence-corrected chi connectivity index (χ0v) is 16.0. The second-order valence-corrected chi connectivity index (χ2v) is 7.82. The average Bonchev–Trinajstić information content (AvgIpc) is 3.41. The lowest BCUT2D eigenvalue weighted by Gasteiger charge is -2.38. The van der Waals surface area contributed by atoms with Gasteiger partial charge in [0.1, 0.15) is 11.6 Å². The van der Waals surface area contributed by atoms with Crippen molar-refractivity contribution in [1.29, 1.82) is 0 Å². The number of carbonyl (C=O) groups excluding carboxylic acids is 1. The molecule has 1 unspecified atom stereocenters. The lowest BCUT2D eigenvalue weighted by atomic mass is 9.74. The van der Waals surface area contributed by atoms with Crippen LogP contribution in [0.2, 0.25) is 0 Å². The van der Waals surface area contributed by atoms with E-state index < -0.39 is 0 Å². The van der Waals surface area contributed by atoms with Crippen LogP contribution in [0.4, 0.5) is 0 Å². The Morgan fingerprint density at radius 3 is 2.93 bits per heavy atom.